The lowest BCUT2D eigenvalue weighted by Gasteiger charge is -2.57. The van der Waals surface area contributed by atoms with E-state index in [9.17, 15) is 0 Å². The Hall–Kier alpha value is -0.0800. The number of nitrogens with zero attached hydrogens (tertiary/aromatic N) is 2. The number of fused-ring (bicyclic) bond motifs is 8. The summed E-state index contributed by atoms with van der Waals surface area (Å²) in [4.78, 5) is 6.92. The molecule has 12 aliphatic carbocycles. The minimum Gasteiger partial charge on any atom is -0.294 e. The van der Waals surface area contributed by atoms with Crippen molar-refractivity contribution in [2.75, 3.05) is 0 Å². The van der Waals surface area contributed by atoms with Gasteiger partial charge in [0.1, 0.15) is 0 Å². The summed E-state index contributed by atoms with van der Waals surface area (Å²) in [5.41, 5.74) is 1.13. The van der Waals surface area contributed by atoms with Crippen LogP contribution in [-0.4, -0.2) is 46.1 Å². The lowest BCUT2D eigenvalue weighted by Crippen LogP contribution is -2.59. The van der Waals surface area contributed by atoms with Crippen LogP contribution in [0.3, 0.4) is 0 Å². The van der Waals surface area contributed by atoms with Gasteiger partial charge < -0.3 is 0 Å². The predicted molar refractivity (Wildman–Crippen MR) is 269 cm³/mol. The Morgan fingerprint density at radius 2 is 0.594 bits per heavy atom. The topological polar surface area (TPSA) is 6.48 Å². The third-order valence-corrected chi connectivity index (χ3v) is 26.0. The lowest BCUT2D eigenvalue weighted by atomic mass is 9.63. The van der Waals surface area contributed by atoms with Crippen molar-refractivity contribution in [2.24, 2.45) is 93.7 Å². The lowest BCUT2D eigenvalue weighted by molar-refractivity contribution is -0.0720. The van der Waals surface area contributed by atoms with E-state index in [1.54, 1.807) is 180 Å². The van der Waals surface area contributed by atoms with Gasteiger partial charge in [0, 0.05) is 36.3 Å². The maximum atomic E-state index is 3.46. The molecule has 2 nitrogen and oxygen atoms in total. The Morgan fingerprint density at radius 3 is 1.05 bits per heavy atom. The molecule has 16 unspecified atom stereocenters. The highest BCUT2D eigenvalue weighted by Gasteiger charge is 2.60. The van der Waals surface area contributed by atoms with Gasteiger partial charge in [0.15, 0.2) is 0 Å². The SMILES string of the molecule is CC1(C)C2CCCCC2C2CCC(N(C3CCC(C4CCC(N(C5CCCC6CCCCC65)C5CCCC6CCCCC65)CC4)CC3)C3CCC4C5CCCCC5C(C)(C)C4C3)CC21. The Kier molecular flexibility index (Phi) is 13.1. The third-order valence-electron chi connectivity index (χ3n) is 26.0. The molecular formula is C62H104N2. The molecule has 12 rings (SSSR count). The molecule has 0 aromatic rings. The van der Waals surface area contributed by atoms with E-state index in [1.807, 2.05) is 0 Å². The van der Waals surface area contributed by atoms with Crippen LogP contribution in [0.25, 0.3) is 0 Å². The fourth-order valence-corrected chi connectivity index (χ4v) is 23.3. The van der Waals surface area contributed by atoms with Crippen LogP contribution in [-0.2, 0) is 0 Å². The van der Waals surface area contributed by atoms with E-state index in [-0.39, 0.29) is 0 Å². The first-order valence-electron chi connectivity index (χ1n) is 30.8. The van der Waals surface area contributed by atoms with Gasteiger partial charge in [-0.1, -0.05) is 118 Å². The molecule has 0 N–H and O–H groups in total. The number of rotatable bonds is 7. The Bertz CT molecular complexity index is 1450. The normalized spacial score (nSPS) is 51.3. The molecular weight excluding hydrogens is 773 g/mol. The van der Waals surface area contributed by atoms with Crippen LogP contribution in [0.15, 0.2) is 0 Å². The van der Waals surface area contributed by atoms with E-state index in [4.69, 9.17) is 0 Å². The molecule has 64 heavy (non-hydrogen) atoms. The van der Waals surface area contributed by atoms with Crippen molar-refractivity contribution in [3.63, 3.8) is 0 Å². The molecule has 0 aliphatic heterocycles. The molecule has 0 aromatic heterocycles. The zero-order valence-corrected chi connectivity index (χ0v) is 42.9. The quantitative estimate of drug-likeness (QED) is 0.251. The van der Waals surface area contributed by atoms with Crippen molar-refractivity contribution in [1.82, 2.24) is 9.80 Å². The van der Waals surface area contributed by atoms with Crippen molar-refractivity contribution in [2.45, 2.75) is 295 Å². The first kappa shape index (κ1) is 45.1. The minimum absolute atomic E-state index is 0.567. The molecule has 2 heteroatoms. The average molecular weight is 878 g/mol. The second-order valence-corrected chi connectivity index (χ2v) is 28.7. The molecule has 0 aromatic carbocycles. The molecule has 0 saturated heterocycles. The van der Waals surface area contributed by atoms with Crippen LogP contribution < -0.4 is 0 Å². The van der Waals surface area contributed by atoms with Crippen molar-refractivity contribution in [3.05, 3.63) is 0 Å². The van der Waals surface area contributed by atoms with Gasteiger partial charge in [0.25, 0.3) is 0 Å². The van der Waals surface area contributed by atoms with E-state index < -0.39 is 0 Å². The van der Waals surface area contributed by atoms with Gasteiger partial charge in [0.2, 0.25) is 0 Å². The van der Waals surface area contributed by atoms with Crippen molar-refractivity contribution in [3.8, 4) is 0 Å². The maximum Gasteiger partial charge on any atom is 0.0132 e. The second kappa shape index (κ2) is 18.6. The summed E-state index contributed by atoms with van der Waals surface area (Å²) >= 11 is 0. The van der Waals surface area contributed by atoms with Crippen LogP contribution >= 0.6 is 0 Å². The van der Waals surface area contributed by atoms with Gasteiger partial charge in [-0.2, -0.15) is 0 Å². The van der Waals surface area contributed by atoms with Gasteiger partial charge >= 0.3 is 0 Å². The van der Waals surface area contributed by atoms with Crippen LogP contribution in [0.5, 0.6) is 0 Å². The van der Waals surface area contributed by atoms with E-state index in [2.05, 4.69) is 37.5 Å². The molecule has 0 spiro atoms. The van der Waals surface area contributed by atoms with Gasteiger partial charge in [0.05, 0.1) is 0 Å². The zero-order chi connectivity index (χ0) is 43.2. The van der Waals surface area contributed by atoms with Crippen molar-refractivity contribution < 1.29 is 0 Å². The van der Waals surface area contributed by atoms with Crippen LogP contribution in [0, 0.1) is 93.7 Å². The van der Waals surface area contributed by atoms with E-state index in [0.717, 1.165) is 119 Å². The first-order chi connectivity index (χ1) is 31.3. The van der Waals surface area contributed by atoms with Gasteiger partial charge in [-0.25, -0.2) is 0 Å². The summed E-state index contributed by atoms with van der Waals surface area (Å²) < 4.78 is 0. The summed E-state index contributed by atoms with van der Waals surface area (Å²) in [5.74, 6) is 14.6. The smallest absolute Gasteiger partial charge is 0.0132 e. The fraction of sp³-hybridized carbons (Fsp3) is 1.00. The predicted octanol–water partition coefficient (Wildman–Crippen LogP) is 16.7. The summed E-state index contributed by atoms with van der Waals surface area (Å²) in [5, 5.41) is 0. The molecule has 0 amide bonds. The van der Waals surface area contributed by atoms with Crippen molar-refractivity contribution in [1.29, 1.82) is 0 Å². The van der Waals surface area contributed by atoms with Gasteiger partial charge in [-0.3, -0.25) is 9.80 Å². The standard InChI is InChI=1S/C62H104N2/c1-61(2)55-23-11-9-21-51(55)53-37-35-47(39-57(53)61)63(48-36-38-54-52-22-10-12-24-56(52)62(3,4)58(54)40-48)45-31-27-41(28-32-45)42-29-33-46(34-30-42)64(59-25-13-17-43-15-5-7-19-49(43)59)60-26-14-18-44-16-6-8-20-50(44)60/h41-60H,5-40H2,1-4H3. The molecule has 12 aliphatic rings. The molecule has 12 saturated carbocycles. The highest BCUT2D eigenvalue weighted by Crippen LogP contribution is 2.66. The monoisotopic (exact) mass is 877 g/mol. The second-order valence-electron chi connectivity index (χ2n) is 28.7. The van der Waals surface area contributed by atoms with E-state index in [0.29, 0.717) is 10.8 Å². The molecule has 0 radical (unpaired) electrons. The molecule has 362 valence electrons. The van der Waals surface area contributed by atoms with Crippen LogP contribution in [0.2, 0.25) is 0 Å². The summed E-state index contributed by atoms with van der Waals surface area (Å²) in [6.07, 6.45) is 56.0. The first-order valence-corrected chi connectivity index (χ1v) is 30.8. The average Bonchev–Trinajstić information content (AvgIpc) is 3.71. The molecule has 12 fully saturated rings. The van der Waals surface area contributed by atoms with Crippen LogP contribution in [0.4, 0.5) is 0 Å². The highest BCUT2D eigenvalue weighted by atomic mass is 15.2. The third kappa shape index (κ3) is 7.96. The largest absolute Gasteiger partial charge is 0.294 e. The summed E-state index contributed by atoms with van der Waals surface area (Å²) in [6.45, 7) is 11.1. The summed E-state index contributed by atoms with van der Waals surface area (Å²) in [7, 11) is 0. The van der Waals surface area contributed by atoms with Gasteiger partial charge in [-0.15, -0.1) is 0 Å². The van der Waals surface area contributed by atoms with Crippen LogP contribution in [0.1, 0.15) is 259 Å². The Balaban J connectivity index is 0.746. The van der Waals surface area contributed by atoms with Crippen molar-refractivity contribution >= 4 is 0 Å². The maximum absolute atomic E-state index is 3.46. The van der Waals surface area contributed by atoms with Gasteiger partial charge in [-0.05, 0) is 235 Å². The zero-order valence-electron chi connectivity index (χ0n) is 42.9. The Morgan fingerprint density at radius 1 is 0.250 bits per heavy atom. The summed E-state index contributed by atoms with van der Waals surface area (Å²) in [6, 6.07) is 5.44. The minimum atomic E-state index is 0.567. The number of hydrogen-bond donors (Lipinski definition) is 0. The molecule has 0 heterocycles. The fourth-order valence-electron chi connectivity index (χ4n) is 23.3. The molecule has 0 bridgehead atoms. The Labute approximate surface area is 396 Å². The number of hydrogen-bond acceptors (Lipinski definition) is 2. The van der Waals surface area contributed by atoms with E-state index >= 15 is 0 Å². The molecule has 16 atom stereocenters. The highest BCUT2D eigenvalue weighted by molar-refractivity contribution is 5.11. The van der Waals surface area contributed by atoms with E-state index in [1.165, 1.54) is 51.4 Å².